The lowest BCUT2D eigenvalue weighted by molar-refractivity contribution is -0.132. The van der Waals surface area contributed by atoms with Gasteiger partial charge in [-0.3, -0.25) is 9.36 Å². The standard InChI is InChI=1S/C19H19N5O3.H2/c1-11-7-15-16(9-24(11)12(2)25)21-10-22-18(15)27-14-3-4-17-13(8-14)5-6-23(17)19(20)26;/h3-6,8,10-11H,7,9H2,1-2H3,(H2,20,26);1H/t11-;/m0./s1. The lowest BCUT2D eigenvalue weighted by atomic mass is 9.99. The second kappa shape index (κ2) is 6.39. The van der Waals surface area contributed by atoms with E-state index in [4.69, 9.17) is 10.5 Å². The summed E-state index contributed by atoms with van der Waals surface area (Å²) in [6.07, 6.45) is 3.71. The largest absolute Gasteiger partial charge is 0.439 e. The van der Waals surface area contributed by atoms with Crippen molar-refractivity contribution < 1.29 is 15.8 Å². The number of carbonyl (C=O) groups excluding carboxylic acids is 2. The summed E-state index contributed by atoms with van der Waals surface area (Å²) in [5.41, 5.74) is 7.78. The number of hydrogen-bond acceptors (Lipinski definition) is 5. The summed E-state index contributed by atoms with van der Waals surface area (Å²) in [6, 6.07) is 6.70. The third-order valence-corrected chi connectivity index (χ3v) is 4.86. The van der Waals surface area contributed by atoms with Gasteiger partial charge < -0.3 is 15.4 Å². The topological polar surface area (TPSA) is 103 Å². The molecule has 27 heavy (non-hydrogen) atoms. The smallest absolute Gasteiger partial charge is 0.323 e. The van der Waals surface area contributed by atoms with Crippen LogP contribution in [0.5, 0.6) is 11.6 Å². The molecule has 0 bridgehead atoms. The van der Waals surface area contributed by atoms with Crippen molar-refractivity contribution in [1.82, 2.24) is 19.4 Å². The molecule has 0 aliphatic carbocycles. The fourth-order valence-corrected chi connectivity index (χ4v) is 3.49. The SMILES string of the molecule is CC(=O)N1Cc2ncnc(Oc3ccc4c(ccn4C(N)=O)c3)c2C[C@@H]1C.[HH]. The minimum absolute atomic E-state index is 0. The molecule has 140 valence electrons. The molecule has 1 aliphatic rings. The van der Waals surface area contributed by atoms with Crippen LogP contribution >= 0.6 is 0 Å². The number of amides is 2. The van der Waals surface area contributed by atoms with Crippen LogP contribution in [0.15, 0.2) is 36.8 Å². The van der Waals surface area contributed by atoms with Crippen molar-refractivity contribution in [3.8, 4) is 11.6 Å². The molecule has 0 radical (unpaired) electrons. The van der Waals surface area contributed by atoms with Gasteiger partial charge in [-0.15, -0.1) is 0 Å². The van der Waals surface area contributed by atoms with Gasteiger partial charge in [0.1, 0.15) is 12.1 Å². The zero-order valence-corrected chi connectivity index (χ0v) is 15.0. The maximum atomic E-state index is 11.8. The van der Waals surface area contributed by atoms with Crippen molar-refractivity contribution in [3.63, 3.8) is 0 Å². The minimum atomic E-state index is -0.535. The number of aromatic nitrogens is 3. The first-order valence-electron chi connectivity index (χ1n) is 8.62. The number of carbonyl (C=O) groups is 2. The van der Waals surface area contributed by atoms with E-state index in [2.05, 4.69) is 9.97 Å². The second-order valence-corrected chi connectivity index (χ2v) is 6.65. The van der Waals surface area contributed by atoms with Crippen LogP contribution in [-0.4, -0.2) is 37.4 Å². The van der Waals surface area contributed by atoms with Crippen molar-refractivity contribution in [2.45, 2.75) is 32.9 Å². The average molecular weight is 367 g/mol. The van der Waals surface area contributed by atoms with Crippen molar-refractivity contribution in [2.75, 3.05) is 0 Å². The molecule has 3 aromatic rings. The van der Waals surface area contributed by atoms with E-state index < -0.39 is 6.03 Å². The molecule has 8 heteroatoms. The highest BCUT2D eigenvalue weighted by Crippen LogP contribution is 2.32. The Hall–Kier alpha value is -3.42. The molecule has 1 atom stereocenters. The van der Waals surface area contributed by atoms with Crippen molar-refractivity contribution in [3.05, 3.63) is 48.0 Å². The van der Waals surface area contributed by atoms with E-state index in [1.54, 1.807) is 36.2 Å². The Morgan fingerprint density at radius 3 is 2.85 bits per heavy atom. The summed E-state index contributed by atoms with van der Waals surface area (Å²) in [5.74, 6) is 1.12. The molecule has 1 aliphatic heterocycles. The van der Waals surface area contributed by atoms with Crippen LogP contribution in [0.4, 0.5) is 4.79 Å². The molecule has 3 heterocycles. The van der Waals surface area contributed by atoms with E-state index in [9.17, 15) is 9.59 Å². The number of ether oxygens (including phenoxy) is 1. The van der Waals surface area contributed by atoms with E-state index >= 15 is 0 Å². The predicted octanol–water partition coefficient (Wildman–Crippen LogP) is 2.69. The van der Waals surface area contributed by atoms with Crippen LogP contribution in [0.2, 0.25) is 0 Å². The number of primary amides is 1. The highest BCUT2D eigenvalue weighted by Gasteiger charge is 2.28. The van der Waals surface area contributed by atoms with E-state index in [1.165, 1.54) is 10.9 Å². The van der Waals surface area contributed by atoms with E-state index in [0.29, 0.717) is 30.1 Å². The Bertz CT molecular complexity index is 1060. The van der Waals surface area contributed by atoms with Gasteiger partial charge in [0.25, 0.3) is 0 Å². The molecule has 2 N–H and O–H groups in total. The number of nitrogens with zero attached hydrogens (tertiary/aromatic N) is 4. The lowest BCUT2D eigenvalue weighted by Crippen LogP contribution is -2.41. The van der Waals surface area contributed by atoms with Crippen molar-refractivity contribution in [2.24, 2.45) is 5.73 Å². The summed E-state index contributed by atoms with van der Waals surface area (Å²) in [5, 5.41) is 0.838. The predicted molar refractivity (Wildman–Crippen MR) is 101 cm³/mol. The Balaban J connectivity index is 0.00000225. The van der Waals surface area contributed by atoms with Gasteiger partial charge >= 0.3 is 6.03 Å². The van der Waals surface area contributed by atoms with Crippen LogP contribution in [0.25, 0.3) is 10.9 Å². The molecule has 0 saturated carbocycles. The number of fused-ring (bicyclic) bond motifs is 2. The van der Waals surface area contributed by atoms with Crippen molar-refractivity contribution >= 4 is 22.8 Å². The third-order valence-electron chi connectivity index (χ3n) is 4.86. The Kier molecular flexibility index (Phi) is 4.02. The highest BCUT2D eigenvalue weighted by atomic mass is 16.5. The third kappa shape index (κ3) is 2.99. The molecule has 2 amide bonds. The molecule has 1 aromatic carbocycles. The summed E-state index contributed by atoms with van der Waals surface area (Å²) in [4.78, 5) is 33.6. The molecular weight excluding hydrogens is 346 g/mol. The molecule has 4 rings (SSSR count). The second-order valence-electron chi connectivity index (χ2n) is 6.65. The van der Waals surface area contributed by atoms with Gasteiger partial charge in [-0.1, -0.05) is 0 Å². The fourth-order valence-electron chi connectivity index (χ4n) is 3.49. The van der Waals surface area contributed by atoms with Gasteiger partial charge in [-0.25, -0.2) is 14.8 Å². The molecule has 0 fully saturated rings. The quantitative estimate of drug-likeness (QED) is 0.750. The van der Waals surface area contributed by atoms with Gasteiger partial charge in [0, 0.05) is 31.5 Å². The summed E-state index contributed by atoms with van der Waals surface area (Å²) < 4.78 is 7.40. The van der Waals surface area contributed by atoms with Crippen LogP contribution in [0.3, 0.4) is 0 Å². The van der Waals surface area contributed by atoms with Gasteiger partial charge in [0.05, 0.1) is 17.8 Å². The monoisotopic (exact) mass is 367 g/mol. The van der Waals surface area contributed by atoms with E-state index in [-0.39, 0.29) is 13.4 Å². The maximum absolute atomic E-state index is 11.8. The van der Waals surface area contributed by atoms with E-state index in [0.717, 1.165) is 16.6 Å². The molecule has 2 aromatic heterocycles. The number of benzene rings is 1. The molecule has 0 unspecified atom stereocenters. The summed E-state index contributed by atoms with van der Waals surface area (Å²) >= 11 is 0. The highest BCUT2D eigenvalue weighted by molar-refractivity contribution is 5.91. The lowest BCUT2D eigenvalue weighted by Gasteiger charge is -2.33. The maximum Gasteiger partial charge on any atom is 0.323 e. The van der Waals surface area contributed by atoms with Gasteiger partial charge in [-0.2, -0.15) is 0 Å². The summed E-state index contributed by atoms with van der Waals surface area (Å²) in [6.45, 7) is 4.01. The number of hydrogen-bond donors (Lipinski definition) is 1. The molecule has 0 spiro atoms. The Morgan fingerprint density at radius 1 is 1.30 bits per heavy atom. The first-order chi connectivity index (χ1) is 12.9. The van der Waals surface area contributed by atoms with E-state index in [1.807, 2.05) is 13.0 Å². The normalized spacial score (nSPS) is 16.2. The molecule has 0 saturated heterocycles. The van der Waals surface area contributed by atoms with Crippen LogP contribution in [0, 0.1) is 0 Å². The van der Waals surface area contributed by atoms with Gasteiger partial charge in [0.2, 0.25) is 11.8 Å². The van der Waals surface area contributed by atoms with Crippen LogP contribution in [0.1, 0.15) is 26.5 Å². The number of rotatable bonds is 2. The number of nitrogens with two attached hydrogens (primary N) is 1. The van der Waals surface area contributed by atoms with Crippen LogP contribution in [-0.2, 0) is 17.8 Å². The zero-order valence-electron chi connectivity index (χ0n) is 15.0. The minimum Gasteiger partial charge on any atom is -0.439 e. The van der Waals surface area contributed by atoms with Crippen molar-refractivity contribution in [1.29, 1.82) is 0 Å². The Morgan fingerprint density at radius 2 is 2.11 bits per heavy atom. The molecular formula is C19H21N5O3. The first-order valence-corrected chi connectivity index (χ1v) is 8.62. The zero-order chi connectivity index (χ0) is 19.1. The van der Waals surface area contributed by atoms with Gasteiger partial charge in [0.15, 0.2) is 0 Å². The molecule has 8 nitrogen and oxygen atoms in total. The summed E-state index contributed by atoms with van der Waals surface area (Å²) in [7, 11) is 0. The average Bonchev–Trinajstić information content (AvgIpc) is 3.05. The fraction of sp³-hybridized carbons (Fsp3) is 0.263. The van der Waals surface area contributed by atoms with Gasteiger partial charge in [-0.05, 0) is 37.6 Å². The first kappa shape index (κ1) is 17.0. The van der Waals surface area contributed by atoms with Crippen LogP contribution < -0.4 is 10.5 Å². The Labute approximate surface area is 157 Å².